The van der Waals surface area contributed by atoms with Gasteiger partial charge in [0.2, 0.25) is 11.9 Å². The van der Waals surface area contributed by atoms with Gasteiger partial charge in [0.25, 0.3) is 0 Å². The van der Waals surface area contributed by atoms with Gasteiger partial charge in [0.15, 0.2) is 11.6 Å². The van der Waals surface area contributed by atoms with Crippen molar-refractivity contribution in [3.8, 4) is 0 Å². The third-order valence-electron chi connectivity index (χ3n) is 7.88. The summed E-state index contributed by atoms with van der Waals surface area (Å²) in [5, 5.41) is 10.1. The third kappa shape index (κ3) is 6.23. The van der Waals surface area contributed by atoms with Gasteiger partial charge < -0.3 is 26.6 Å². The van der Waals surface area contributed by atoms with Crippen molar-refractivity contribution < 1.29 is 4.79 Å². The number of piperidine rings is 1. The van der Waals surface area contributed by atoms with Gasteiger partial charge in [0, 0.05) is 42.8 Å². The largest absolute Gasteiger partial charge is 0.396 e. The number of carbonyl (C=O) groups excluding carboxylic acids is 1. The van der Waals surface area contributed by atoms with E-state index in [4.69, 9.17) is 17.3 Å². The summed E-state index contributed by atoms with van der Waals surface area (Å²) in [7, 11) is 0. The van der Waals surface area contributed by atoms with E-state index >= 15 is 0 Å². The summed E-state index contributed by atoms with van der Waals surface area (Å²) < 4.78 is 0. The number of pyridine rings is 2. The molecule has 11 heteroatoms. The number of fused-ring (bicyclic) bond motifs is 6. The average molecular weight is 584 g/mol. The number of nitrogen functional groups attached to an aromatic ring is 1. The number of aryl methyl sites for hydroxylation is 4. The normalized spacial score (nSPS) is 15.0. The number of hydrogen-bond donors (Lipinski definition) is 4. The highest BCUT2D eigenvalue weighted by atomic mass is 35.5. The topological polar surface area (TPSA) is 134 Å². The second-order valence-electron chi connectivity index (χ2n) is 11.1. The number of carbonyl (C=O) groups is 1. The highest BCUT2D eigenvalue weighted by Gasteiger charge is 2.24. The molecule has 0 spiro atoms. The Labute approximate surface area is 250 Å². The van der Waals surface area contributed by atoms with E-state index in [0.29, 0.717) is 29.1 Å². The molecule has 0 aliphatic carbocycles. The van der Waals surface area contributed by atoms with E-state index in [-0.39, 0.29) is 5.91 Å². The zero-order valence-electron chi connectivity index (χ0n) is 23.7. The Morgan fingerprint density at radius 1 is 1.05 bits per heavy atom. The van der Waals surface area contributed by atoms with Crippen LogP contribution in [0.5, 0.6) is 0 Å². The summed E-state index contributed by atoms with van der Waals surface area (Å²) in [4.78, 5) is 33.4. The molecule has 10 nitrogen and oxygen atoms in total. The van der Waals surface area contributed by atoms with E-state index in [2.05, 4.69) is 40.8 Å². The van der Waals surface area contributed by atoms with Crippen LogP contribution < -0.4 is 26.6 Å². The molecule has 2 aliphatic heterocycles. The molecule has 2 aliphatic rings. The standard InChI is InChI=1S/C31H34ClN9O/c1-18-11-19(2)36-30(28(18)33)41-9-7-20(8-10-41)13-27(42)39-26-6-5-23-14-22(26)4-3-21-12-24(16-34-15-21)38-31-35-17-25(32)29(37-23)40-31/h5-6,11-12,14-17,20H,3-4,7-10,13,33H2,1-2H3,(H,39,42)(H2,35,37,38,40). The quantitative estimate of drug-likeness (QED) is 0.230. The van der Waals surface area contributed by atoms with Crippen LogP contribution in [0.25, 0.3) is 0 Å². The third-order valence-corrected chi connectivity index (χ3v) is 8.16. The number of aromatic nitrogens is 4. The Morgan fingerprint density at radius 2 is 1.88 bits per heavy atom. The molecule has 42 heavy (non-hydrogen) atoms. The lowest BCUT2D eigenvalue weighted by atomic mass is 9.93. The first-order chi connectivity index (χ1) is 20.3. The summed E-state index contributed by atoms with van der Waals surface area (Å²) in [5.74, 6) is 2.09. The number of hydrogen-bond acceptors (Lipinski definition) is 9. The van der Waals surface area contributed by atoms with Crippen molar-refractivity contribution in [3.05, 3.63) is 76.3 Å². The Balaban J connectivity index is 1.16. The molecule has 5 heterocycles. The van der Waals surface area contributed by atoms with E-state index in [9.17, 15) is 4.79 Å². The first-order valence-corrected chi connectivity index (χ1v) is 14.6. The molecule has 1 saturated heterocycles. The molecule has 1 aromatic carbocycles. The number of amides is 1. The molecule has 216 valence electrons. The number of anilines is 7. The lowest BCUT2D eigenvalue weighted by molar-refractivity contribution is -0.117. The summed E-state index contributed by atoms with van der Waals surface area (Å²) in [5.41, 5.74) is 13.6. The molecule has 4 aromatic rings. The minimum Gasteiger partial charge on any atom is -0.396 e. The Kier molecular flexibility index (Phi) is 7.80. The van der Waals surface area contributed by atoms with E-state index in [1.165, 1.54) is 0 Å². The first kappa shape index (κ1) is 27.7. The van der Waals surface area contributed by atoms with Crippen LogP contribution in [-0.2, 0) is 17.6 Å². The number of nitrogens with two attached hydrogens (primary N) is 1. The molecule has 0 saturated carbocycles. The van der Waals surface area contributed by atoms with E-state index in [1.54, 1.807) is 12.4 Å². The van der Waals surface area contributed by atoms with Crippen LogP contribution in [0.4, 0.5) is 40.3 Å². The van der Waals surface area contributed by atoms with E-state index in [0.717, 1.165) is 89.7 Å². The summed E-state index contributed by atoms with van der Waals surface area (Å²) >= 11 is 6.39. The van der Waals surface area contributed by atoms with Crippen LogP contribution in [0, 0.1) is 19.8 Å². The van der Waals surface area contributed by atoms with Crippen molar-refractivity contribution in [2.24, 2.45) is 5.92 Å². The van der Waals surface area contributed by atoms with Crippen molar-refractivity contribution in [1.82, 2.24) is 19.9 Å². The Hall–Kier alpha value is -4.44. The van der Waals surface area contributed by atoms with Gasteiger partial charge in [-0.2, -0.15) is 4.98 Å². The number of rotatable bonds is 4. The highest BCUT2D eigenvalue weighted by Crippen LogP contribution is 2.32. The fourth-order valence-electron chi connectivity index (χ4n) is 5.63. The van der Waals surface area contributed by atoms with Crippen LogP contribution in [0.2, 0.25) is 5.02 Å². The average Bonchev–Trinajstić information content (AvgIpc) is 2.97. The van der Waals surface area contributed by atoms with Crippen LogP contribution in [0.15, 0.2) is 48.9 Å². The minimum absolute atomic E-state index is 0.0220. The molecule has 3 aromatic heterocycles. The molecule has 6 rings (SSSR count). The molecule has 0 radical (unpaired) electrons. The van der Waals surface area contributed by atoms with Crippen molar-refractivity contribution in [2.45, 2.75) is 46.0 Å². The SMILES string of the molecule is Cc1cc(C)c(N)c(N2CCC(CC(=O)Nc3ccc4cc3CCc3cncc(c3)Nc3ncc(Cl)c(n3)N4)CC2)n1. The van der Waals surface area contributed by atoms with Crippen LogP contribution in [-0.4, -0.2) is 38.9 Å². The van der Waals surface area contributed by atoms with Gasteiger partial charge in [0.05, 0.1) is 23.8 Å². The Bertz CT molecular complexity index is 1640. The van der Waals surface area contributed by atoms with Crippen LogP contribution in [0.1, 0.15) is 41.6 Å². The molecule has 0 atom stereocenters. The van der Waals surface area contributed by atoms with Gasteiger partial charge in [0.1, 0.15) is 5.02 Å². The zero-order chi connectivity index (χ0) is 29.2. The maximum atomic E-state index is 13.2. The van der Waals surface area contributed by atoms with Gasteiger partial charge in [-0.25, -0.2) is 9.97 Å². The van der Waals surface area contributed by atoms with Gasteiger partial charge >= 0.3 is 0 Å². The predicted octanol–water partition coefficient (Wildman–Crippen LogP) is 5.95. The lowest BCUT2D eigenvalue weighted by Gasteiger charge is -2.33. The number of halogens is 1. The summed E-state index contributed by atoms with van der Waals surface area (Å²) in [6, 6.07) is 9.94. The second-order valence-corrected chi connectivity index (χ2v) is 11.5. The monoisotopic (exact) mass is 583 g/mol. The van der Waals surface area contributed by atoms with Crippen LogP contribution >= 0.6 is 11.6 Å². The van der Waals surface area contributed by atoms with E-state index in [1.807, 2.05) is 50.4 Å². The molecule has 1 fully saturated rings. The van der Waals surface area contributed by atoms with Gasteiger partial charge in [-0.3, -0.25) is 9.78 Å². The maximum absolute atomic E-state index is 13.2. The van der Waals surface area contributed by atoms with Crippen molar-refractivity contribution >= 4 is 57.8 Å². The summed E-state index contributed by atoms with van der Waals surface area (Å²) in [6.45, 7) is 5.67. The molecule has 6 bridgehead atoms. The predicted molar refractivity (Wildman–Crippen MR) is 168 cm³/mol. The molecular formula is C31H34ClN9O. The number of nitrogens with zero attached hydrogens (tertiary/aromatic N) is 5. The van der Waals surface area contributed by atoms with Crippen molar-refractivity contribution in [3.63, 3.8) is 0 Å². The van der Waals surface area contributed by atoms with E-state index < -0.39 is 0 Å². The fraction of sp³-hybridized carbons (Fsp3) is 0.323. The molecular weight excluding hydrogens is 550 g/mol. The molecule has 1 amide bonds. The highest BCUT2D eigenvalue weighted by molar-refractivity contribution is 6.32. The van der Waals surface area contributed by atoms with Gasteiger partial charge in [-0.05, 0) is 92.5 Å². The fourth-order valence-corrected chi connectivity index (χ4v) is 5.77. The first-order valence-electron chi connectivity index (χ1n) is 14.2. The van der Waals surface area contributed by atoms with Gasteiger partial charge in [-0.1, -0.05) is 11.6 Å². The van der Waals surface area contributed by atoms with Crippen molar-refractivity contribution in [2.75, 3.05) is 39.7 Å². The maximum Gasteiger partial charge on any atom is 0.229 e. The van der Waals surface area contributed by atoms with Crippen LogP contribution in [0.3, 0.4) is 0 Å². The second kappa shape index (κ2) is 11.8. The van der Waals surface area contributed by atoms with Gasteiger partial charge in [-0.15, -0.1) is 0 Å². The smallest absolute Gasteiger partial charge is 0.229 e. The minimum atomic E-state index is 0.0220. The van der Waals surface area contributed by atoms with Crippen molar-refractivity contribution in [1.29, 1.82) is 0 Å². The number of nitrogens with one attached hydrogen (secondary N) is 3. The number of benzene rings is 1. The lowest BCUT2D eigenvalue weighted by Crippen LogP contribution is -2.36. The molecule has 0 unspecified atom stereocenters. The summed E-state index contributed by atoms with van der Waals surface area (Å²) in [6.07, 6.45) is 8.92. The zero-order valence-corrected chi connectivity index (χ0v) is 24.5. The Morgan fingerprint density at radius 3 is 2.71 bits per heavy atom. The molecule has 5 N–H and O–H groups in total.